The third-order valence-corrected chi connectivity index (χ3v) is 4.42. The van der Waals surface area contributed by atoms with Crippen molar-refractivity contribution >= 4 is 0 Å². The molecule has 1 fully saturated rings. The molecule has 2 unspecified atom stereocenters. The molecule has 0 aliphatic heterocycles. The van der Waals surface area contributed by atoms with E-state index in [0.29, 0.717) is 5.41 Å². The van der Waals surface area contributed by atoms with Crippen LogP contribution in [0.3, 0.4) is 0 Å². The molecule has 1 saturated carbocycles. The smallest absolute Gasteiger partial charge is 0.00148 e. The Labute approximate surface area is 112 Å². The van der Waals surface area contributed by atoms with Crippen LogP contribution in [0.5, 0.6) is 0 Å². The standard InChI is InChI=1S/C17H27N/c1-4-18-13-15-10-11-17(2,3)12-16(15)14-8-6-5-7-9-14/h5-9,15-16,18H,4,10-13H2,1-3H3. The predicted octanol–water partition coefficient (Wildman–Crippen LogP) is 4.21. The highest BCUT2D eigenvalue weighted by Gasteiger charge is 2.35. The van der Waals surface area contributed by atoms with Gasteiger partial charge in [0.05, 0.1) is 0 Å². The lowest BCUT2D eigenvalue weighted by Gasteiger charge is -2.41. The molecule has 18 heavy (non-hydrogen) atoms. The third-order valence-electron chi connectivity index (χ3n) is 4.42. The Hall–Kier alpha value is -0.820. The van der Waals surface area contributed by atoms with Crippen molar-refractivity contribution < 1.29 is 0 Å². The molecule has 1 aromatic rings. The van der Waals surface area contributed by atoms with E-state index in [1.165, 1.54) is 31.4 Å². The lowest BCUT2D eigenvalue weighted by molar-refractivity contribution is 0.160. The van der Waals surface area contributed by atoms with Gasteiger partial charge >= 0.3 is 0 Å². The van der Waals surface area contributed by atoms with Gasteiger partial charge in [0.1, 0.15) is 0 Å². The first kappa shape index (κ1) is 13.6. The minimum Gasteiger partial charge on any atom is -0.317 e. The first-order chi connectivity index (χ1) is 8.62. The van der Waals surface area contributed by atoms with Crippen LogP contribution in [0.2, 0.25) is 0 Å². The predicted molar refractivity (Wildman–Crippen MR) is 78.8 cm³/mol. The van der Waals surface area contributed by atoms with Gasteiger partial charge in [-0.2, -0.15) is 0 Å². The highest BCUT2D eigenvalue weighted by Crippen LogP contribution is 2.46. The Morgan fingerprint density at radius 1 is 1.22 bits per heavy atom. The number of hydrogen-bond acceptors (Lipinski definition) is 1. The second-order valence-electron chi connectivity index (χ2n) is 6.49. The van der Waals surface area contributed by atoms with Gasteiger partial charge in [0, 0.05) is 0 Å². The number of benzene rings is 1. The van der Waals surface area contributed by atoms with Crippen molar-refractivity contribution in [3.05, 3.63) is 35.9 Å². The van der Waals surface area contributed by atoms with Crippen LogP contribution in [0.1, 0.15) is 51.5 Å². The van der Waals surface area contributed by atoms with E-state index in [1.807, 2.05) is 0 Å². The van der Waals surface area contributed by atoms with E-state index in [0.717, 1.165) is 18.4 Å². The number of hydrogen-bond donors (Lipinski definition) is 1. The summed E-state index contributed by atoms with van der Waals surface area (Å²) in [5.41, 5.74) is 2.04. The van der Waals surface area contributed by atoms with Crippen molar-refractivity contribution in [2.45, 2.75) is 46.0 Å². The number of nitrogens with one attached hydrogen (secondary N) is 1. The summed E-state index contributed by atoms with van der Waals surface area (Å²) in [6.45, 7) is 9.30. The Bertz CT molecular complexity index is 355. The second kappa shape index (κ2) is 5.88. The molecule has 0 saturated heterocycles. The Kier molecular flexibility index (Phi) is 4.45. The molecule has 1 N–H and O–H groups in total. The van der Waals surface area contributed by atoms with E-state index in [9.17, 15) is 0 Å². The van der Waals surface area contributed by atoms with Gasteiger partial charge < -0.3 is 5.32 Å². The summed E-state index contributed by atoms with van der Waals surface area (Å²) < 4.78 is 0. The van der Waals surface area contributed by atoms with Gasteiger partial charge in [-0.3, -0.25) is 0 Å². The molecular weight excluding hydrogens is 218 g/mol. The van der Waals surface area contributed by atoms with Crippen molar-refractivity contribution in [3.8, 4) is 0 Å². The molecule has 2 rings (SSSR count). The molecule has 0 aromatic heterocycles. The summed E-state index contributed by atoms with van der Waals surface area (Å²) in [5, 5.41) is 3.55. The van der Waals surface area contributed by atoms with Crippen molar-refractivity contribution in [1.82, 2.24) is 5.32 Å². The highest BCUT2D eigenvalue weighted by atomic mass is 14.8. The van der Waals surface area contributed by atoms with Crippen molar-refractivity contribution in [2.75, 3.05) is 13.1 Å². The van der Waals surface area contributed by atoms with Gasteiger partial charge in [-0.05, 0) is 55.2 Å². The fourth-order valence-electron chi connectivity index (χ4n) is 3.31. The SMILES string of the molecule is CCNCC1CCC(C)(C)CC1c1ccccc1. The van der Waals surface area contributed by atoms with Crippen LogP contribution in [0.25, 0.3) is 0 Å². The van der Waals surface area contributed by atoms with E-state index < -0.39 is 0 Å². The molecule has 0 amide bonds. The van der Waals surface area contributed by atoms with Crippen molar-refractivity contribution in [2.24, 2.45) is 11.3 Å². The summed E-state index contributed by atoms with van der Waals surface area (Å²) in [4.78, 5) is 0. The van der Waals surface area contributed by atoms with E-state index in [-0.39, 0.29) is 0 Å². The molecule has 2 atom stereocenters. The lowest BCUT2D eigenvalue weighted by Crippen LogP contribution is -2.34. The van der Waals surface area contributed by atoms with Crippen LogP contribution in [0, 0.1) is 11.3 Å². The Balaban J connectivity index is 2.14. The van der Waals surface area contributed by atoms with Crippen molar-refractivity contribution in [1.29, 1.82) is 0 Å². The zero-order chi connectivity index (χ0) is 13.0. The molecule has 0 spiro atoms. The normalized spacial score (nSPS) is 27.1. The van der Waals surface area contributed by atoms with Gasteiger partial charge in [-0.1, -0.05) is 51.1 Å². The monoisotopic (exact) mass is 245 g/mol. The second-order valence-corrected chi connectivity index (χ2v) is 6.49. The fourth-order valence-corrected chi connectivity index (χ4v) is 3.31. The van der Waals surface area contributed by atoms with Crippen LogP contribution in [0.15, 0.2) is 30.3 Å². The zero-order valence-corrected chi connectivity index (χ0v) is 12.1. The summed E-state index contributed by atoms with van der Waals surface area (Å²) in [6, 6.07) is 11.1. The van der Waals surface area contributed by atoms with Gasteiger partial charge in [0.25, 0.3) is 0 Å². The Morgan fingerprint density at radius 2 is 1.94 bits per heavy atom. The van der Waals surface area contributed by atoms with Gasteiger partial charge in [-0.25, -0.2) is 0 Å². The quantitative estimate of drug-likeness (QED) is 0.838. The summed E-state index contributed by atoms with van der Waals surface area (Å²) in [5.74, 6) is 1.54. The first-order valence-corrected chi connectivity index (χ1v) is 7.38. The molecule has 100 valence electrons. The van der Waals surface area contributed by atoms with E-state index in [4.69, 9.17) is 0 Å². The summed E-state index contributed by atoms with van der Waals surface area (Å²) in [7, 11) is 0. The van der Waals surface area contributed by atoms with Crippen LogP contribution in [-0.2, 0) is 0 Å². The van der Waals surface area contributed by atoms with E-state index >= 15 is 0 Å². The summed E-state index contributed by atoms with van der Waals surface area (Å²) in [6.07, 6.45) is 4.05. The van der Waals surface area contributed by atoms with Crippen LogP contribution >= 0.6 is 0 Å². The summed E-state index contributed by atoms with van der Waals surface area (Å²) >= 11 is 0. The zero-order valence-electron chi connectivity index (χ0n) is 12.1. The molecule has 1 nitrogen and oxygen atoms in total. The molecule has 1 heteroatoms. The van der Waals surface area contributed by atoms with Crippen LogP contribution in [-0.4, -0.2) is 13.1 Å². The average molecular weight is 245 g/mol. The fraction of sp³-hybridized carbons (Fsp3) is 0.647. The largest absolute Gasteiger partial charge is 0.317 e. The van der Waals surface area contributed by atoms with Crippen molar-refractivity contribution in [3.63, 3.8) is 0 Å². The van der Waals surface area contributed by atoms with Crippen LogP contribution < -0.4 is 5.32 Å². The average Bonchev–Trinajstić information content (AvgIpc) is 2.38. The number of rotatable bonds is 4. The maximum Gasteiger partial charge on any atom is -0.00148 e. The molecule has 1 aliphatic carbocycles. The van der Waals surface area contributed by atoms with Gasteiger partial charge in [-0.15, -0.1) is 0 Å². The minimum absolute atomic E-state index is 0.503. The molecule has 0 radical (unpaired) electrons. The maximum atomic E-state index is 3.55. The van der Waals surface area contributed by atoms with Gasteiger partial charge in [0.2, 0.25) is 0 Å². The van der Waals surface area contributed by atoms with E-state index in [2.05, 4.69) is 56.4 Å². The molecular formula is C17H27N. The first-order valence-electron chi connectivity index (χ1n) is 7.38. The maximum absolute atomic E-state index is 3.55. The van der Waals surface area contributed by atoms with Gasteiger partial charge in [0.15, 0.2) is 0 Å². The lowest BCUT2D eigenvalue weighted by atomic mass is 9.65. The Morgan fingerprint density at radius 3 is 2.61 bits per heavy atom. The molecule has 1 aromatic carbocycles. The van der Waals surface area contributed by atoms with E-state index in [1.54, 1.807) is 0 Å². The third kappa shape index (κ3) is 3.35. The molecule has 0 bridgehead atoms. The molecule has 0 heterocycles. The van der Waals surface area contributed by atoms with Crippen LogP contribution in [0.4, 0.5) is 0 Å². The minimum atomic E-state index is 0.503. The highest BCUT2D eigenvalue weighted by molar-refractivity contribution is 5.21. The molecule has 1 aliphatic rings. The topological polar surface area (TPSA) is 12.0 Å².